The van der Waals surface area contributed by atoms with Crippen LogP contribution in [-0.4, -0.2) is 37.7 Å². The Morgan fingerprint density at radius 1 is 1.06 bits per heavy atom. The molecule has 0 radical (unpaired) electrons. The van der Waals surface area contributed by atoms with Gasteiger partial charge in [0.15, 0.2) is 0 Å². The highest BCUT2D eigenvalue weighted by atomic mass is 79.9. The molecule has 1 unspecified atom stereocenters. The zero-order valence-electron chi connectivity index (χ0n) is 27.0. The Kier molecular flexibility index (Phi) is 10.5. The Hall–Kier alpha value is -5.38. The molecule has 0 bridgehead atoms. The second kappa shape index (κ2) is 14.5. The number of hydrogen-bond acceptors (Lipinski definition) is 7. The Bertz CT molecular complexity index is 2290. The molecule has 0 aliphatic heterocycles. The molecule has 266 valence electrons. The number of phenols is 1. The van der Waals surface area contributed by atoms with Crippen molar-refractivity contribution in [3.05, 3.63) is 126 Å². The molecule has 1 amide bonds. The third-order valence-electron chi connectivity index (χ3n) is 8.18. The molecule has 0 saturated heterocycles. The first-order chi connectivity index (χ1) is 24.0. The quantitative estimate of drug-likeness (QED) is 0.134. The average molecular weight is 776 g/mol. The minimum atomic E-state index is -5.28. The molecule has 3 aromatic carbocycles. The number of fused-ring (bicyclic) bond motifs is 1. The number of halogens is 6. The van der Waals surface area contributed by atoms with Crippen molar-refractivity contribution in [2.75, 3.05) is 6.61 Å². The molecular formula is C35H28BrF5N4O6. The van der Waals surface area contributed by atoms with E-state index in [2.05, 4.69) is 26.2 Å². The number of hydrogen-bond donors (Lipinski definition) is 2. The van der Waals surface area contributed by atoms with Crippen molar-refractivity contribution >= 4 is 38.7 Å². The predicted octanol–water partition coefficient (Wildman–Crippen LogP) is 6.24. The van der Waals surface area contributed by atoms with Crippen molar-refractivity contribution in [3.63, 3.8) is 0 Å². The van der Waals surface area contributed by atoms with Crippen LogP contribution in [0.5, 0.6) is 5.75 Å². The van der Waals surface area contributed by atoms with Crippen LogP contribution in [0.2, 0.25) is 0 Å². The second-order valence-corrected chi connectivity index (χ2v) is 12.4. The van der Waals surface area contributed by atoms with Gasteiger partial charge in [-0.15, -0.1) is 0 Å². The summed E-state index contributed by atoms with van der Waals surface area (Å²) in [5, 5.41) is 12.8. The Morgan fingerprint density at radius 2 is 1.78 bits per heavy atom. The smallest absolute Gasteiger partial charge is 0.419 e. The number of alkyl halides is 3. The number of esters is 1. The fraction of sp³-hybridized carbons (Fsp3) is 0.229. The van der Waals surface area contributed by atoms with E-state index in [1.807, 2.05) is 0 Å². The lowest BCUT2D eigenvalue weighted by atomic mass is 9.91. The first-order valence-corrected chi connectivity index (χ1v) is 16.0. The molecule has 16 heteroatoms. The van der Waals surface area contributed by atoms with Gasteiger partial charge in [-0.25, -0.2) is 18.1 Å². The molecule has 2 heterocycles. The summed E-state index contributed by atoms with van der Waals surface area (Å²) < 4.78 is 81.3. The summed E-state index contributed by atoms with van der Waals surface area (Å²) in [7, 11) is 1.28. The highest BCUT2D eigenvalue weighted by Crippen LogP contribution is 2.41. The fourth-order valence-corrected chi connectivity index (χ4v) is 6.20. The zero-order valence-corrected chi connectivity index (χ0v) is 28.6. The number of carbonyl (C=O) groups excluding carboxylic acids is 2. The third-order valence-corrected chi connectivity index (χ3v) is 8.67. The van der Waals surface area contributed by atoms with Crippen molar-refractivity contribution < 1.29 is 41.4 Å². The Morgan fingerprint density at radius 3 is 2.45 bits per heavy atom. The fourth-order valence-electron chi connectivity index (χ4n) is 5.82. The van der Waals surface area contributed by atoms with Crippen LogP contribution in [0.4, 0.5) is 22.0 Å². The lowest BCUT2D eigenvalue weighted by Crippen LogP contribution is -2.48. The number of pyridine rings is 1. The molecule has 0 saturated carbocycles. The Balaban J connectivity index is 1.77. The molecule has 2 aromatic heterocycles. The van der Waals surface area contributed by atoms with E-state index >= 15 is 8.78 Å². The van der Waals surface area contributed by atoms with E-state index in [1.165, 1.54) is 63.6 Å². The largest absolute Gasteiger partial charge is 0.507 e. The molecular weight excluding hydrogens is 747 g/mol. The van der Waals surface area contributed by atoms with Gasteiger partial charge in [-0.05, 0) is 67.4 Å². The van der Waals surface area contributed by atoms with Crippen LogP contribution in [-0.2, 0) is 27.5 Å². The van der Waals surface area contributed by atoms with Gasteiger partial charge in [-0.2, -0.15) is 13.2 Å². The lowest BCUT2D eigenvalue weighted by molar-refractivity contribution is -0.143. The number of nitrogens with zero attached hydrogens (tertiary/aromatic N) is 3. The number of aryl methyl sites for hydroxylation is 2. The first kappa shape index (κ1) is 36.9. The molecule has 2 N–H and O–H groups in total. The maximum Gasteiger partial charge on any atom is 0.419 e. The SMILES string of the molecule is CCOC(=O)C[C@H](NC(=O)C(c1cc(Br)ccc1F)n1c(=O)c2ccncc2n(C)c1=O)c1cc(-c2c(C)cccc2O)cc(C(F)(F)F)c1F. The van der Waals surface area contributed by atoms with Gasteiger partial charge in [-0.1, -0.05) is 28.1 Å². The summed E-state index contributed by atoms with van der Waals surface area (Å²) in [6, 6.07) is 6.12. The van der Waals surface area contributed by atoms with Crippen LogP contribution >= 0.6 is 15.9 Å². The molecule has 0 fully saturated rings. The standard InChI is InChI=1S/C35H28BrF5N4O6/c1-4-51-28(47)15-25(22-12-18(13-23(30(22)38)35(39,40)41)29-17(2)6-5-7-27(29)46)43-32(48)31(21-14-19(36)8-9-24(21)37)45-33(49)20-10-11-42-16-26(20)44(3)34(45)50/h5-14,16,25,31,46H,4,15H2,1-3H3,(H,43,48)/t25-,31?/m0/s1. The predicted molar refractivity (Wildman–Crippen MR) is 179 cm³/mol. The van der Waals surface area contributed by atoms with E-state index in [-0.39, 0.29) is 33.1 Å². The van der Waals surface area contributed by atoms with E-state index in [0.29, 0.717) is 16.2 Å². The van der Waals surface area contributed by atoms with Crippen molar-refractivity contribution in [2.45, 2.75) is 38.5 Å². The van der Waals surface area contributed by atoms with Crippen molar-refractivity contribution in [1.82, 2.24) is 19.4 Å². The van der Waals surface area contributed by atoms with Crippen molar-refractivity contribution in [3.8, 4) is 16.9 Å². The van der Waals surface area contributed by atoms with Gasteiger partial charge >= 0.3 is 17.8 Å². The molecule has 5 aromatic rings. The summed E-state index contributed by atoms with van der Waals surface area (Å²) in [6.07, 6.45) is -3.73. The van der Waals surface area contributed by atoms with Gasteiger partial charge in [0.05, 0.1) is 41.7 Å². The van der Waals surface area contributed by atoms with Crippen LogP contribution in [0.15, 0.2) is 81.1 Å². The second-order valence-electron chi connectivity index (χ2n) is 11.4. The number of rotatable bonds is 9. The maximum absolute atomic E-state index is 16.1. The minimum Gasteiger partial charge on any atom is -0.507 e. The van der Waals surface area contributed by atoms with Crippen LogP contribution in [0.1, 0.15) is 47.7 Å². The number of phenolic OH excluding ortho intramolecular Hbond substituents is 1. The number of nitrogens with one attached hydrogen (secondary N) is 1. The number of carbonyl (C=O) groups is 2. The van der Waals surface area contributed by atoms with Gasteiger partial charge in [0.1, 0.15) is 23.4 Å². The van der Waals surface area contributed by atoms with Gasteiger partial charge in [0, 0.05) is 34.4 Å². The van der Waals surface area contributed by atoms with Crippen LogP contribution in [0.25, 0.3) is 22.0 Å². The first-order valence-electron chi connectivity index (χ1n) is 15.2. The highest BCUT2D eigenvalue weighted by molar-refractivity contribution is 9.10. The molecule has 0 spiro atoms. The van der Waals surface area contributed by atoms with E-state index in [4.69, 9.17) is 4.74 Å². The molecule has 0 aliphatic rings. The van der Waals surface area contributed by atoms with Gasteiger partial charge in [0.25, 0.3) is 5.56 Å². The van der Waals surface area contributed by atoms with Crippen molar-refractivity contribution in [1.29, 1.82) is 0 Å². The van der Waals surface area contributed by atoms with Gasteiger partial charge in [-0.3, -0.25) is 23.9 Å². The number of amides is 1. The van der Waals surface area contributed by atoms with Crippen molar-refractivity contribution in [2.24, 2.45) is 7.05 Å². The zero-order chi connectivity index (χ0) is 37.4. The van der Waals surface area contributed by atoms with Gasteiger partial charge < -0.3 is 15.2 Å². The molecule has 2 atom stereocenters. The van der Waals surface area contributed by atoms with Crippen LogP contribution in [0.3, 0.4) is 0 Å². The number of ether oxygens (including phenoxy) is 1. The number of aromatic nitrogens is 3. The van der Waals surface area contributed by atoms with E-state index in [9.17, 15) is 37.5 Å². The van der Waals surface area contributed by atoms with Crippen LogP contribution in [0, 0.1) is 18.6 Å². The van der Waals surface area contributed by atoms with E-state index in [1.54, 1.807) is 0 Å². The lowest BCUT2D eigenvalue weighted by Gasteiger charge is -2.26. The molecule has 51 heavy (non-hydrogen) atoms. The topological polar surface area (TPSA) is 133 Å². The normalized spacial score (nSPS) is 12.8. The number of benzene rings is 3. The maximum atomic E-state index is 16.1. The van der Waals surface area contributed by atoms with E-state index in [0.717, 1.165) is 22.8 Å². The molecule has 5 rings (SSSR count). The summed E-state index contributed by atoms with van der Waals surface area (Å²) in [5.74, 6) is -5.75. The third kappa shape index (κ3) is 7.27. The van der Waals surface area contributed by atoms with E-state index < -0.39 is 81.9 Å². The highest BCUT2D eigenvalue weighted by Gasteiger charge is 2.39. The molecule has 0 aliphatic carbocycles. The summed E-state index contributed by atoms with van der Waals surface area (Å²) in [6.45, 7) is 2.76. The average Bonchev–Trinajstić information content (AvgIpc) is 3.06. The summed E-state index contributed by atoms with van der Waals surface area (Å²) >= 11 is 3.18. The monoisotopic (exact) mass is 774 g/mol. The summed E-state index contributed by atoms with van der Waals surface area (Å²) in [5.41, 5.74) is -5.26. The molecule has 10 nitrogen and oxygen atoms in total. The minimum absolute atomic E-state index is 0.0795. The Labute approximate surface area is 294 Å². The van der Waals surface area contributed by atoms with Crippen LogP contribution < -0.4 is 16.6 Å². The number of aromatic hydroxyl groups is 1. The summed E-state index contributed by atoms with van der Waals surface area (Å²) in [4.78, 5) is 58.7. The van der Waals surface area contributed by atoms with Gasteiger partial charge in [0.2, 0.25) is 5.91 Å².